The number of amides is 2. The normalized spacial score (nSPS) is 12.9. The number of aromatic carboxylic acids is 1. The molecule has 8 heteroatoms. The highest BCUT2D eigenvalue weighted by Crippen LogP contribution is 2.29. The molecule has 0 saturated heterocycles. The summed E-state index contributed by atoms with van der Waals surface area (Å²) in [5.74, 6) is -0.925. The molecule has 21 heavy (non-hydrogen) atoms. The second-order valence-corrected chi connectivity index (χ2v) is 4.45. The van der Waals surface area contributed by atoms with Crippen LogP contribution < -0.4 is 10.2 Å². The molecule has 0 fully saturated rings. The van der Waals surface area contributed by atoms with E-state index >= 15 is 0 Å². The number of anilines is 2. The van der Waals surface area contributed by atoms with E-state index in [-0.39, 0.29) is 11.5 Å². The summed E-state index contributed by atoms with van der Waals surface area (Å²) in [7, 11) is 0. The van der Waals surface area contributed by atoms with Crippen LogP contribution in [0.3, 0.4) is 0 Å². The van der Waals surface area contributed by atoms with Crippen LogP contribution >= 0.6 is 0 Å². The molecule has 2 N–H and O–H groups in total. The summed E-state index contributed by atoms with van der Waals surface area (Å²) in [5, 5.41) is 18.9. The molecule has 2 aromatic rings. The minimum atomic E-state index is -1.03. The van der Waals surface area contributed by atoms with Crippen LogP contribution in [0.1, 0.15) is 15.9 Å². The van der Waals surface area contributed by atoms with Gasteiger partial charge in [-0.2, -0.15) is 5.10 Å². The molecule has 1 aliphatic rings. The van der Waals surface area contributed by atoms with Gasteiger partial charge in [0.05, 0.1) is 18.0 Å². The molecule has 0 saturated carbocycles. The van der Waals surface area contributed by atoms with E-state index in [0.29, 0.717) is 18.7 Å². The molecule has 1 aromatic carbocycles. The van der Waals surface area contributed by atoms with Crippen LogP contribution in [0.25, 0.3) is 0 Å². The zero-order valence-corrected chi connectivity index (χ0v) is 10.9. The van der Waals surface area contributed by atoms with Gasteiger partial charge < -0.3 is 5.11 Å². The van der Waals surface area contributed by atoms with Gasteiger partial charge in [-0.25, -0.2) is 14.6 Å². The minimum Gasteiger partial charge on any atom is -0.478 e. The number of fused-ring (bicyclic) bond motifs is 1. The van der Waals surface area contributed by atoms with Crippen molar-refractivity contribution in [1.82, 2.24) is 15.2 Å². The van der Waals surface area contributed by atoms with E-state index in [1.807, 2.05) is 0 Å². The van der Waals surface area contributed by atoms with E-state index in [9.17, 15) is 9.59 Å². The van der Waals surface area contributed by atoms with Crippen molar-refractivity contribution in [1.29, 1.82) is 0 Å². The maximum Gasteiger partial charge on any atom is 0.335 e. The maximum atomic E-state index is 12.2. The Labute approximate surface area is 119 Å². The Bertz CT molecular complexity index is 704. The fraction of sp³-hybridized carbons (Fsp3) is 0.154. The van der Waals surface area contributed by atoms with Crippen LogP contribution in [0, 0.1) is 0 Å². The summed E-state index contributed by atoms with van der Waals surface area (Å²) in [5.41, 5.74) is 1.67. The van der Waals surface area contributed by atoms with Gasteiger partial charge in [-0.1, -0.05) is 6.07 Å². The predicted molar refractivity (Wildman–Crippen MR) is 73.3 cm³/mol. The van der Waals surface area contributed by atoms with Gasteiger partial charge in [0, 0.05) is 12.2 Å². The Morgan fingerprint density at radius 1 is 1.29 bits per heavy atom. The van der Waals surface area contributed by atoms with Gasteiger partial charge in [-0.3, -0.25) is 10.2 Å². The molecule has 1 aliphatic heterocycles. The van der Waals surface area contributed by atoms with E-state index in [1.165, 1.54) is 29.4 Å². The molecule has 0 aliphatic carbocycles. The lowest BCUT2D eigenvalue weighted by Gasteiger charge is -2.17. The highest BCUT2D eigenvalue weighted by atomic mass is 16.4. The number of benzene rings is 1. The van der Waals surface area contributed by atoms with Crippen molar-refractivity contribution in [3.63, 3.8) is 0 Å². The minimum absolute atomic E-state index is 0.102. The molecule has 0 spiro atoms. The van der Waals surface area contributed by atoms with Crippen molar-refractivity contribution >= 4 is 23.6 Å². The molecular weight excluding hydrogens is 274 g/mol. The predicted octanol–water partition coefficient (Wildman–Crippen LogP) is 1.16. The quantitative estimate of drug-likeness (QED) is 0.857. The number of nitrogens with one attached hydrogen (secondary N) is 1. The largest absolute Gasteiger partial charge is 0.478 e. The SMILES string of the molecule is O=C(O)c1ccc2c(c1)N(C(=O)Nc1nccnn1)CC2. The van der Waals surface area contributed by atoms with E-state index in [2.05, 4.69) is 20.5 Å². The zero-order valence-electron chi connectivity index (χ0n) is 10.9. The van der Waals surface area contributed by atoms with Crippen molar-refractivity contribution in [2.45, 2.75) is 6.42 Å². The summed E-state index contributed by atoms with van der Waals surface area (Å²) in [4.78, 5) is 28.6. The molecule has 1 aromatic heterocycles. The van der Waals surface area contributed by atoms with Crippen molar-refractivity contribution < 1.29 is 14.7 Å². The molecule has 106 valence electrons. The Hall–Kier alpha value is -3.03. The van der Waals surface area contributed by atoms with Gasteiger partial charge in [-0.15, -0.1) is 5.10 Å². The van der Waals surface area contributed by atoms with Crippen molar-refractivity contribution in [2.75, 3.05) is 16.8 Å². The third-order valence-electron chi connectivity index (χ3n) is 3.17. The number of urea groups is 1. The lowest BCUT2D eigenvalue weighted by atomic mass is 10.1. The Morgan fingerprint density at radius 2 is 2.14 bits per heavy atom. The number of carbonyl (C=O) groups is 2. The molecule has 3 rings (SSSR count). The standard InChI is InChI=1S/C13H11N5O3/c19-11(20)9-2-1-8-3-6-18(10(8)7-9)13(21)16-12-14-4-5-15-17-12/h1-2,4-5,7H,3,6H2,(H,19,20)(H,14,16,17,21). The number of hydrogen-bond acceptors (Lipinski definition) is 5. The maximum absolute atomic E-state index is 12.2. The molecule has 2 heterocycles. The lowest BCUT2D eigenvalue weighted by Crippen LogP contribution is -2.34. The average molecular weight is 285 g/mol. The van der Waals surface area contributed by atoms with Crippen LogP contribution in [0.2, 0.25) is 0 Å². The fourth-order valence-corrected chi connectivity index (χ4v) is 2.19. The molecule has 0 radical (unpaired) electrons. The number of rotatable bonds is 2. The summed E-state index contributed by atoms with van der Waals surface area (Å²) >= 11 is 0. The summed E-state index contributed by atoms with van der Waals surface area (Å²) in [6, 6.07) is 4.35. The van der Waals surface area contributed by atoms with Gasteiger partial charge in [0.25, 0.3) is 5.95 Å². The summed E-state index contributed by atoms with van der Waals surface area (Å²) in [6.45, 7) is 0.477. The highest BCUT2D eigenvalue weighted by Gasteiger charge is 2.26. The fourth-order valence-electron chi connectivity index (χ4n) is 2.19. The van der Waals surface area contributed by atoms with E-state index in [4.69, 9.17) is 5.11 Å². The number of aromatic nitrogens is 3. The number of nitrogens with zero attached hydrogens (tertiary/aromatic N) is 4. The van der Waals surface area contributed by atoms with Crippen LogP contribution in [-0.4, -0.2) is 38.8 Å². The number of carboxylic acid groups (broad SMARTS) is 1. The molecule has 0 bridgehead atoms. The topological polar surface area (TPSA) is 108 Å². The molecule has 2 amide bonds. The Balaban J connectivity index is 1.84. The zero-order chi connectivity index (χ0) is 14.8. The lowest BCUT2D eigenvalue weighted by molar-refractivity contribution is 0.0697. The molecular formula is C13H11N5O3. The van der Waals surface area contributed by atoms with Crippen LogP contribution in [0.4, 0.5) is 16.4 Å². The Morgan fingerprint density at radius 3 is 2.86 bits per heavy atom. The van der Waals surface area contributed by atoms with Gasteiger partial charge in [0.1, 0.15) is 0 Å². The first kappa shape index (κ1) is 13.0. The van der Waals surface area contributed by atoms with Gasteiger partial charge in [0.15, 0.2) is 0 Å². The van der Waals surface area contributed by atoms with Crippen LogP contribution in [-0.2, 0) is 6.42 Å². The van der Waals surface area contributed by atoms with E-state index in [0.717, 1.165) is 5.56 Å². The second-order valence-electron chi connectivity index (χ2n) is 4.45. The van der Waals surface area contributed by atoms with Gasteiger partial charge in [-0.05, 0) is 24.1 Å². The average Bonchev–Trinajstić information content (AvgIpc) is 2.91. The molecule has 8 nitrogen and oxygen atoms in total. The third kappa shape index (κ3) is 2.50. The monoisotopic (exact) mass is 285 g/mol. The van der Waals surface area contributed by atoms with Crippen molar-refractivity contribution in [3.8, 4) is 0 Å². The first-order valence-electron chi connectivity index (χ1n) is 6.23. The second kappa shape index (κ2) is 5.16. The smallest absolute Gasteiger partial charge is 0.335 e. The van der Waals surface area contributed by atoms with Gasteiger partial charge in [0.2, 0.25) is 0 Å². The molecule has 0 unspecified atom stereocenters. The Kier molecular flexibility index (Phi) is 3.19. The number of hydrogen-bond donors (Lipinski definition) is 2. The van der Waals surface area contributed by atoms with E-state index in [1.54, 1.807) is 6.07 Å². The van der Waals surface area contributed by atoms with Gasteiger partial charge >= 0.3 is 12.0 Å². The summed E-state index contributed by atoms with van der Waals surface area (Å²) in [6.07, 6.45) is 3.50. The highest BCUT2D eigenvalue weighted by molar-refractivity contribution is 6.03. The number of carboxylic acids is 1. The van der Waals surface area contributed by atoms with Crippen LogP contribution in [0.15, 0.2) is 30.6 Å². The molecule has 0 atom stereocenters. The summed E-state index contributed by atoms with van der Waals surface area (Å²) < 4.78 is 0. The third-order valence-corrected chi connectivity index (χ3v) is 3.17. The van der Waals surface area contributed by atoms with Crippen molar-refractivity contribution in [3.05, 3.63) is 41.7 Å². The van der Waals surface area contributed by atoms with Crippen molar-refractivity contribution in [2.24, 2.45) is 0 Å². The first-order chi connectivity index (χ1) is 10.1. The van der Waals surface area contributed by atoms with Crippen LogP contribution in [0.5, 0.6) is 0 Å². The van der Waals surface area contributed by atoms with E-state index < -0.39 is 12.0 Å². The number of carbonyl (C=O) groups excluding carboxylic acids is 1. The first-order valence-corrected chi connectivity index (χ1v) is 6.23.